The molecule has 0 saturated carbocycles. The SMILES string of the molecule is Cc1ccc(/C(N)=C(/C=NCCC2COC2)c2ncnc3oc(-c4ccccc4)cc23)cc1. The molecular weight excluding hydrogens is 412 g/mol. The predicted octanol–water partition coefficient (Wildman–Crippen LogP) is 5.13. The van der Waals surface area contributed by atoms with E-state index in [4.69, 9.17) is 19.9 Å². The quantitative estimate of drug-likeness (QED) is 0.404. The molecule has 6 heteroatoms. The second kappa shape index (κ2) is 9.38. The third-order valence-electron chi connectivity index (χ3n) is 5.89. The van der Waals surface area contributed by atoms with Crippen molar-refractivity contribution in [2.45, 2.75) is 13.3 Å². The highest BCUT2D eigenvalue weighted by molar-refractivity contribution is 6.21. The van der Waals surface area contributed by atoms with Crippen molar-refractivity contribution < 1.29 is 9.15 Å². The van der Waals surface area contributed by atoms with Gasteiger partial charge in [0.25, 0.3) is 0 Å². The monoisotopic (exact) mass is 438 g/mol. The highest BCUT2D eigenvalue weighted by Crippen LogP contribution is 2.32. The van der Waals surface area contributed by atoms with E-state index < -0.39 is 0 Å². The second-order valence-electron chi connectivity index (χ2n) is 8.34. The third kappa shape index (κ3) is 4.56. The van der Waals surface area contributed by atoms with Crippen LogP contribution in [0.25, 0.3) is 33.7 Å². The van der Waals surface area contributed by atoms with Crippen molar-refractivity contribution in [2.24, 2.45) is 16.6 Å². The molecule has 33 heavy (non-hydrogen) atoms. The molecule has 1 saturated heterocycles. The van der Waals surface area contributed by atoms with Crippen LogP contribution in [0.2, 0.25) is 0 Å². The standard InChI is InChI=1S/C27H26N4O2/c1-18-7-9-21(10-8-18)25(28)23(14-29-12-11-19-15-32-16-19)26-22-13-24(20-5-3-2-4-6-20)33-27(22)31-17-30-26/h2-10,13-14,17,19H,11-12,15-16,28H2,1H3/b25-23+,29-14?. The van der Waals surface area contributed by atoms with Gasteiger partial charge in [-0.05, 0) is 25.0 Å². The molecule has 0 aliphatic carbocycles. The lowest BCUT2D eigenvalue weighted by atomic mass is 10.0. The zero-order valence-corrected chi connectivity index (χ0v) is 18.6. The minimum Gasteiger partial charge on any atom is -0.438 e. The lowest BCUT2D eigenvalue weighted by Crippen LogP contribution is -2.27. The van der Waals surface area contributed by atoms with Crippen LogP contribution in [-0.4, -0.2) is 35.9 Å². The Morgan fingerprint density at radius 2 is 1.88 bits per heavy atom. The Morgan fingerprint density at radius 3 is 2.61 bits per heavy atom. The van der Waals surface area contributed by atoms with Crippen LogP contribution in [0.1, 0.15) is 23.2 Å². The van der Waals surface area contributed by atoms with E-state index in [-0.39, 0.29) is 0 Å². The number of nitrogens with zero attached hydrogens (tertiary/aromatic N) is 3. The molecule has 6 nitrogen and oxygen atoms in total. The first-order valence-electron chi connectivity index (χ1n) is 11.1. The third-order valence-corrected chi connectivity index (χ3v) is 5.89. The van der Waals surface area contributed by atoms with E-state index in [0.29, 0.717) is 29.6 Å². The van der Waals surface area contributed by atoms with Gasteiger partial charge >= 0.3 is 0 Å². The van der Waals surface area contributed by atoms with Gasteiger partial charge in [0.15, 0.2) is 0 Å². The van der Waals surface area contributed by atoms with Gasteiger partial charge in [-0.2, -0.15) is 0 Å². The van der Waals surface area contributed by atoms with Gasteiger partial charge < -0.3 is 14.9 Å². The molecule has 0 radical (unpaired) electrons. The summed E-state index contributed by atoms with van der Waals surface area (Å²) in [5.74, 6) is 1.33. The summed E-state index contributed by atoms with van der Waals surface area (Å²) in [5.41, 5.74) is 12.4. The molecule has 1 aliphatic rings. The molecule has 1 aliphatic heterocycles. The molecule has 0 bridgehead atoms. The van der Waals surface area contributed by atoms with Gasteiger partial charge in [-0.15, -0.1) is 0 Å². The number of rotatable bonds is 7. The van der Waals surface area contributed by atoms with Gasteiger partial charge in [0.2, 0.25) is 5.71 Å². The Labute approximate surface area is 192 Å². The summed E-state index contributed by atoms with van der Waals surface area (Å²) in [5, 5.41) is 0.806. The zero-order valence-electron chi connectivity index (χ0n) is 18.6. The van der Waals surface area contributed by atoms with E-state index in [1.54, 1.807) is 0 Å². The number of fused-ring (bicyclic) bond motifs is 1. The lowest BCUT2D eigenvalue weighted by molar-refractivity contribution is -0.0341. The Hall–Kier alpha value is -3.77. The van der Waals surface area contributed by atoms with Crippen LogP contribution >= 0.6 is 0 Å². The number of aliphatic imine (C=N–C) groups is 1. The lowest BCUT2D eigenvalue weighted by Gasteiger charge is -2.24. The number of benzene rings is 2. The van der Waals surface area contributed by atoms with Crippen LogP contribution in [0.3, 0.4) is 0 Å². The number of ether oxygens (including phenoxy) is 1. The number of nitrogens with two attached hydrogens (primary N) is 1. The van der Waals surface area contributed by atoms with Crippen molar-refractivity contribution in [3.63, 3.8) is 0 Å². The number of aromatic nitrogens is 2. The molecule has 0 unspecified atom stereocenters. The maximum Gasteiger partial charge on any atom is 0.230 e. The van der Waals surface area contributed by atoms with Crippen LogP contribution < -0.4 is 5.73 Å². The van der Waals surface area contributed by atoms with E-state index in [2.05, 4.69) is 29.0 Å². The smallest absolute Gasteiger partial charge is 0.230 e. The number of hydrogen-bond acceptors (Lipinski definition) is 6. The summed E-state index contributed by atoms with van der Waals surface area (Å²) in [4.78, 5) is 13.6. The van der Waals surface area contributed by atoms with E-state index >= 15 is 0 Å². The van der Waals surface area contributed by atoms with Crippen molar-refractivity contribution in [1.82, 2.24) is 9.97 Å². The van der Waals surface area contributed by atoms with Crippen LogP contribution in [-0.2, 0) is 4.74 Å². The van der Waals surface area contributed by atoms with Crippen molar-refractivity contribution in [1.29, 1.82) is 0 Å². The van der Waals surface area contributed by atoms with E-state index in [0.717, 1.165) is 47.5 Å². The average molecular weight is 439 g/mol. The fourth-order valence-electron chi connectivity index (χ4n) is 3.83. The summed E-state index contributed by atoms with van der Waals surface area (Å²) >= 11 is 0. The minimum atomic E-state index is 0.521. The van der Waals surface area contributed by atoms with E-state index in [1.165, 1.54) is 11.9 Å². The zero-order chi connectivity index (χ0) is 22.6. The highest BCUT2D eigenvalue weighted by atomic mass is 16.5. The van der Waals surface area contributed by atoms with Crippen LogP contribution in [0.4, 0.5) is 0 Å². The van der Waals surface area contributed by atoms with Crippen molar-refractivity contribution >= 4 is 28.6 Å². The first kappa shape index (κ1) is 21.1. The predicted molar refractivity (Wildman–Crippen MR) is 132 cm³/mol. The van der Waals surface area contributed by atoms with E-state index in [1.807, 2.05) is 54.7 Å². The van der Waals surface area contributed by atoms with Crippen molar-refractivity contribution in [3.05, 3.63) is 83.8 Å². The number of furan rings is 1. The Kier molecular flexibility index (Phi) is 6.00. The van der Waals surface area contributed by atoms with Crippen LogP contribution in [0.15, 0.2) is 76.4 Å². The summed E-state index contributed by atoms with van der Waals surface area (Å²) in [6, 6.07) is 20.1. The first-order chi connectivity index (χ1) is 16.2. The summed E-state index contributed by atoms with van der Waals surface area (Å²) in [6.45, 7) is 4.43. The topological polar surface area (TPSA) is 86.5 Å². The fourth-order valence-corrected chi connectivity index (χ4v) is 3.83. The molecule has 2 aromatic heterocycles. The van der Waals surface area contributed by atoms with Crippen LogP contribution in [0.5, 0.6) is 0 Å². The molecule has 0 spiro atoms. The summed E-state index contributed by atoms with van der Waals surface area (Å²) in [7, 11) is 0. The largest absolute Gasteiger partial charge is 0.438 e. The van der Waals surface area contributed by atoms with Gasteiger partial charge in [0.1, 0.15) is 12.1 Å². The number of aryl methyl sites for hydroxylation is 1. The molecule has 5 rings (SSSR count). The maximum atomic E-state index is 6.69. The summed E-state index contributed by atoms with van der Waals surface area (Å²) in [6.07, 6.45) is 4.35. The molecule has 166 valence electrons. The van der Waals surface area contributed by atoms with E-state index in [9.17, 15) is 0 Å². The van der Waals surface area contributed by atoms with Crippen LogP contribution in [0, 0.1) is 12.8 Å². The van der Waals surface area contributed by atoms with Crippen molar-refractivity contribution in [2.75, 3.05) is 19.8 Å². The maximum absolute atomic E-state index is 6.69. The van der Waals surface area contributed by atoms with Gasteiger partial charge in [-0.25, -0.2) is 9.97 Å². The fraction of sp³-hybridized carbons (Fsp3) is 0.222. The molecule has 3 heterocycles. The van der Waals surface area contributed by atoms with Gasteiger partial charge in [-0.1, -0.05) is 60.2 Å². The second-order valence-corrected chi connectivity index (χ2v) is 8.34. The Balaban J connectivity index is 1.58. The number of hydrogen-bond donors (Lipinski definition) is 1. The summed E-state index contributed by atoms with van der Waals surface area (Å²) < 4.78 is 11.3. The highest BCUT2D eigenvalue weighted by Gasteiger charge is 2.19. The molecule has 4 aromatic rings. The Morgan fingerprint density at radius 1 is 1.09 bits per heavy atom. The molecule has 1 fully saturated rings. The van der Waals surface area contributed by atoms with Crippen molar-refractivity contribution in [3.8, 4) is 11.3 Å². The number of allylic oxidation sites excluding steroid dienone is 1. The first-order valence-corrected chi connectivity index (χ1v) is 11.1. The average Bonchev–Trinajstić information content (AvgIpc) is 3.26. The van der Waals surface area contributed by atoms with Gasteiger partial charge in [-0.3, -0.25) is 4.99 Å². The van der Waals surface area contributed by atoms with Gasteiger partial charge in [0, 0.05) is 35.5 Å². The molecule has 0 amide bonds. The molecule has 0 atom stereocenters. The normalized spacial score (nSPS) is 15.1. The Bertz CT molecular complexity index is 1300. The minimum absolute atomic E-state index is 0.521. The molecule has 2 N–H and O–H groups in total. The molecular formula is C27H26N4O2. The van der Waals surface area contributed by atoms with Gasteiger partial charge in [0.05, 0.1) is 24.3 Å². The molecule has 2 aromatic carbocycles.